The molecule has 2 nitrogen and oxygen atoms in total. The summed E-state index contributed by atoms with van der Waals surface area (Å²) in [5, 5.41) is 5.00. The van der Waals surface area contributed by atoms with Crippen molar-refractivity contribution in [2.75, 3.05) is 9.80 Å². The molecule has 0 saturated heterocycles. The average Bonchev–Trinajstić information content (AvgIpc) is 3.72. The van der Waals surface area contributed by atoms with E-state index in [2.05, 4.69) is 256 Å². The van der Waals surface area contributed by atoms with Crippen molar-refractivity contribution >= 4 is 62.1 Å². The zero-order valence-corrected chi connectivity index (χ0v) is 38.1. The van der Waals surface area contributed by atoms with E-state index in [1.807, 2.05) is 0 Å². The number of nitrogens with zero attached hydrogens (tertiary/aromatic N) is 2. The maximum absolute atomic E-state index is 2.48. The summed E-state index contributed by atoms with van der Waals surface area (Å²) >= 11 is 0. The highest BCUT2D eigenvalue weighted by Crippen LogP contribution is 2.53. The molecule has 0 spiro atoms. The Balaban J connectivity index is 0.839. The monoisotopic (exact) mass is 848 g/mol. The maximum atomic E-state index is 2.48. The van der Waals surface area contributed by atoms with Crippen LogP contribution in [-0.2, 0) is 10.8 Å². The lowest BCUT2D eigenvalue weighted by Crippen LogP contribution is -2.19. The Morgan fingerprint density at radius 2 is 0.803 bits per heavy atom. The molecule has 0 bridgehead atoms. The molecule has 0 radical (unpaired) electrons. The van der Waals surface area contributed by atoms with Crippen molar-refractivity contribution in [2.24, 2.45) is 0 Å². The smallest absolute Gasteiger partial charge is 0.0468 e. The van der Waals surface area contributed by atoms with Gasteiger partial charge in [0.15, 0.2) is 0 Å². The summed E-state index contributed by atoms with van der Waals surface area (Å²) in [6, 6.07) is 69.9. The quantitative estimate of drug-likeness (QED) is 0.141. The van der Waals surface area contributed by atoms with Crippen LogP contribution in [0.1, 0.15) is 73.9 Å². The molecule has 9 aromatic carbocycles. The normalized spacial score (nSPS) is 15.1. The van der Waals surface area contributed by atoms with Crippen LogP contribution >= 0.6 is 0 Å². The Morgan fingerprint density at radius 3 is 1.32 bits per heavy atom. The Morgan fingerprint density at radius 1 is 0.379 bits per heavy atom. The molecule has 0 atom stereocenters. The van der Waals surface area contributed by atoms with Crippen LogP contribution in [0.3, 0.4) is 0 Å². The fourth-order valence-electron chi connectivity index (χ4n) is 11.1. The second-order valence-corrected chi connectivity index (χ2v) is 19.3. The number of para-hydroxylation sites is 1. The number of hydrogen-bond donors (Lipinski definition) is 0. The molecule has 0 unspecified atom stereocenters. The molecule has 0 N–H and O–H groups in total. The summed E-state index contributed by atoms with van der Waals surface area (Å²) in [6.07, 6.45) is 13.4. The Labute approximate surface area is 389 Å². The second-order valence-electron chi connectivity index (χ2n) is 19.3. The molecule has 0 amide bonds. The van der Waals surface area contributed by atoms with Gasteiger partial charge in [0.25, 0.3) is 0 Å². The highest BCUT2D eigenvalue weighted by atomic mass is 15.2. The SMILES string of the molecule is CC1(C)c2cc(/C=C/c3ccc4c(c3)C(C)(C)c3cc(N(c5ccccc5)c5ccc6ccccc6c5)ccc3-4)ccc2-c2ccc(N(C3=CC=CCC3)c3ccc4ccccc4c3)cc21. The van der Waals surface area contributed by atoms with Gasteiger partial charge < -0.3 is 9.80 Å². The van der Waals surface area contributed by atoms with Crippen molar-refractivity contribution in [3.8, 4) is 22.3 Å². The third kappa shape index (κ3) is 6.62. The molecule has 3 aliphatic rings. The zero-order chi connectivity index (χ0) is 44.6. The van der Waals surface area contributed by atoms with Gasteiger partial charge >= 0.3 is 0 Å². The van der Waals surface area contributed by atoms with Gasteiger partial charge in [0.05, 0.1) is 0 Å². The third-order valence-electron chi connectivity index (χ3n) is 14.6. The van der Waals surface area contributed by atoms with Crippen LogP contribution in [0, 0.1) is 0 Å². The largest absolute Gasteiger partial charge is 0.314 e. The predicted octanol–water partition coefficient (Wildman–Crippen LogP) is 17.6. The molecular formula is C64H52N2. The van der Waals surface area contributed by atoms with Crippen LogP contribution in [-0.4, -0.2) is 0 Å². The first-order chi connectivity index (χ1) is 32.2. The number of allylic oxidation sites excluding steroid dienone is 4. The van der Waals surface area contributed by atoms with E-state index in [-0.39, 0.29) is 10.8 Å². The third-order valence-corrected chi connectivity index (χ3v) is 14.6. The van der Waals surface area contributed by atoms with Gasteiger partial charge in [0.2, 0.25) is 0 Å². The maximum Gasteiger partial charge on any atom is 0.0468 e. The second kappa shape index (κ2) is 15.5. The van der Waals surface area contributed by atoms with Gasteiger partial charge in [-0.15, -0.1) is 0 Å². The van der Waals surface area contributed by atoms with Crippen LogP contribution in [0.4, 0.5) is 28.4 Å². The Hall–Kier alpha value is -7.68. The molecule has 66 heavy (non-hydrogen) atoms. The van der Waals surface area contributed by atoms with E-state index in [4.69, 9.17) is 0 Å². The molecule has 2 heteroatoms. The Kier molecular flexibility index (Phi) is 9.36. The standard InChI is InChI=1S/C64H52N2/c1-63(2)59-37-43(25-33-55(59)57-35-31-53(41-61(57)63)65(49-19-7-5-8-20-49)51-29-27-45-15-11-13-17-47(45)39-51)23-24-44-26-34-56-58-36-32-54(42-62(58)64(3,4)60(56)38-44)66(50-21-9-6-10-22-50)52-30-28-46-16-12-14-18-48(46)40-52/h5-9,11-21,23-42H,10,22H2,1-4H3/b24-23+. The first kappa shape index (κ1) is 39.9. The molecule has 12 rings (SSSR count). The lowest BCUT2D eigenvalue weighted by Gasteiger charge is -2.31. The van der Waals surface area contributed by atoms with E-state index in [0.717, 1.165) is 29.9 Å². The Bertz CT molecular complexity index is 3490. The van der Waals surface area contributed by atoms with E-state index >= 15 is 0 Å². The summed E-state index contributed by atoms with van der Waals surface area (Å²) in [5.41, 5.74) is 20.1. The molecule has 0 aromatic heterocycles. The zero-order valence-electron chi connectivity index (χ0n) is 38.1. The van der Waals surface area contributed by atoms with Crippen molar-refractivity contribution < 1.29 is 0 Å². The van der Waals surface area contributed by atoms with Crippen molar-refractivity contribution in [1.29, 1.82) is 0 Å². The summed E-state index contributed by atoms with van der Waals surface area (Å²) in [6.45, 7) is 9.55. The van der Waals surface area contributed by atoms with Gasteiger partial charge in [0, 0.05) is 45.0 Å². The first-order valence-electron chi connectivity index (χ1n) is 23.5. The fraction of sp³-hybridized carbons (Fsp3) is 0.125. The van der Waals surface area contributed by atoms with Crippen molar-refractivity contribution in [1.82, 2.24) is 0 Å². The van der Waals surface area contributed by atoms with Gasteiger partial charge in [0.1, 0.15) is 0 Å². The summed E-state index contributed by atoms with van der Waals surface area (Å²) < 4.78 is 0. The van der Waals surface area contributed by atoms with Crippen molar-refractivity contribution in [3.05, 3.63) is 245 Å². The fourth-order valence-corrected chi connectivity index (χ4v) is 11.1. The molecule has 318 valence electrons. The first-order valence-corrected chi connectivity index (χ1v) is 23.5. The van der Waals surface area contributed by atoms with Gasteiger partial charge in [-0.2, -0.15) is 0 Å². The number of hydrogen-bond acceptors (Lipinski definition) is 2. The summed E-state index contributed by atoms with van der Waals surface area (Å²) in [7, 11) is 0. The molecule has 0 aliphatic heterocycles. The lowest BCUT2D eigenvalue weighted by molar-refractivity contribution is 0.660. The van der Waals surface area contributed by atoms with Crippen LogP contribution in [0.5, 0.6) is 0 Å². The highest BCUT2D eigenvalue weighted by Gasteiger charge is 2.38. The predicted molar refractivity (Wildman–Crippen MR) is 282 cm³/mol. The molecule has 9 aromatic rings. The van der Waals surface area contributed by atoms with Gasteiger partial charge in [-0.25, -0.2) is 0 Å². The van der Waals surface area contributed by atoms with E-state index in [1.54, 1.807) is 0 Å². The van der Waals surface area contributed by atoms with Crippen LogP contribution in [0.2, 0.25) is 0 Å². The van der Waals surface area contributed by atoms with E-state index in [9.17, 15) is 0 Å². The lowest BCUT2D eigenvalue weighted by atomic mass is 9.81. The van der Waals surface area contributed by atoms with Gasteiger partial charge in [-0.05, 0) is 157 Å². The van der Waals surface area contributed by atoms with Crippen molar-refractivity contribution in [3.63, 3.8) is 0 Å². The number of fused-ring (bicyclic) bond motifs is 8. The van der Waals surface area contributed by atoms with Crippen LogP contribution < -0.4 is 9.80 Å². The number of benzene rings is 9. The molecule has 0 saturated carbocycles. The molecule has 0 heterocycles. The van der Waals surface area contributed by atoms with Gasteiger partial charge in [-0.3, -0.25) is 0 Å². The molecule has 0 fully saturated rings. The van der Waals surface area contributed by atoms with E-state index in [1.165, 1.54) is 94.3 Å². The number of anilines is 5. The summed E-state index contributed by atoms with van der Waals surface area (Å²) in [4.78, 5) is 4.87. The van der Waals surface area contributed by atoms with Crippen LogP contribution in [0.25, 0.3) is 56.0 Å². The summed E-state index contributed by atoms with van der Waals surface area (Å²) in [5.74, 6) is 0. The van der Waals surface area contributed by atoms with Crippen LogP contribution in [0.15, 0.2) is 212 Å². The minimum Gasteiger partial charge on any atom is -0.314 e. The minimum absolute atomic E-state index is 0.160. The highest BCUT2D eigenvalue weighted by molar-refractivity contribution is 5.92. The van der Waals surface area contributed by atoms with Crippen molar-refractivity contribution in [2.45, 2.75) is 51.4 Å². The molecular weight excluding hydrogens is 797 g/mol. The van der Waals surface area contributed by atoms with E-state index < -0.39 is 0 Å². The topological polar surface area (TPSA) is 6.48 Å². The molecule has 3 aliphatic carbocycles. The minimum atomic E-state index is -0.174. The van der Waals surface area contributed by atoms with E-state index in [0.29, 0.717) is 0 Å². The van der Waals surface area contributed by atoms with Gasteiger partial charge in [-0.1, -0.05) is 179 Å². The number of rotatable bonds is 8. The average molecular weight is 849 g/mol.